The van der Waals surface area contributed by atoms with Crippen molar-refractivity contribution in [3.63, 3.8) is 0 Å². The number of sulfonamides is 1. The van der Waals surface area contributed by atoms with Crippen LogP contribution in [0, 0.1) is 11.3 Å². The van der Waals surface area contributed by atoms with Crippen molar-refractivity contribution in [1.29, 1.82) is 5.26 Å². The summed E-state index contributed by atoms with van der Waals surface area (Å²) in [4.78, 5) is 15.2. The monoisotopic (exact) mass is 469 g/mol. The predicted molar refractivity (Wildman–Crippen MR) is 122 cm³/mol. The maximum atomic E-state index is 13.2. The smallest absolute Gasteiger partial charge is 0.340 e. The van der Waals surface area contributed by atoms with Crippen LogP contribution in [0.25, 0.3) is 0 Å². The first kappa shape index (κ1) is 23.2. The molecule has 0 aliphatic carbocycles. The summed E-state index contributed by atoms with van der Waals surface area (Å²) in [5, 5.41) is 9.08. The van der Waals surface area contributed by atoms with Crippen molar-refractivity contribution in [3.05, 3.63) is 59.2 Å². The van der Waals surface area contributed by atoms with Crippen molar-refractivity contribution < 1.29 is 22.7 Å². The Bertz CT molecular complexity index is 1150. The first-order chi connectivity index (χ1) is 16.0. The van der Waals surface area contributed by atoms with E-state index in [1.54, 1.807) is 36.4 Å². The summed E-state index contributed by atoms with van der Waals surface area (Å²) in [7, 11) is -3.70. The number of morpholine rings is 1. The van der Waals surface area contributed by atoms with Crippen LogP contribution in [0.5, 0.6) is 0 Å². The fourth-order valence-electron chi connectivity index (χ4n) is 4.13. The molecule has 4 rings (SSSR count). The third-order valence-electron chi connectivity index (χ3n) is 5.92. The van der Waals surface area contributed by atoms with E-state index in [1.807, 2.05) is 4.90 Å². The van der Waals surface area contributed by atoms with Crippen molar-refractivity contribution in [2.45, 2.75) is 30.8 Å². The Kier molecular flexibility index (Phi) is 7.28. The van der Waals surface area contributed by atoms with Crippen molar-refractivity contribution >= 4 is 21.7 Å². The Morgan fingerprint density at radius 2 is 1.79 bits per heavy atom. The summed E-state index contributed by atoms with van der Waals surface area (Å²) in [5.74, 6) is -0.602. The Balaban J connectivity index is 1.63. The molecule has 0 atom stereocenters. The van der Waals surface area contributed by atoms with Crippen LogP contribution >= 0.6 is 0 Å². The van der Waals surface area contributed by atoms with Gasteiger partial charge < -0.3 is 14.4 Å². The van der Waals surface area contributed by atoms with Gasteiger partial charge in [-0.05, 0) is 48.7 Å². The van der Waals surface area contributed by atoms with Gasteiger partial charge in [0.15, 0.2) is 0 Å². The van der Waals surface area contributed by atoms with E-state index in [1.165, 1.54) is 10.4 Å². The highest BCUT2D eigenvalue weighted by molar-refractivity contribution is 7.89. The Morgan fingerprint density at radius 1 is 1.03 bits per heavy atom. The number of esters is 1. The molecule has 2 aliphatic rings. The minimum Gasteiger partial charge on any atom is -0.457 e. The van der Waals surface area contributed by atoms with E-state index in [0.29, 0.717) is 56.2 Å². The molecule has 0 aromatic heterocycles. The van der Waals surface area contributed by atoms with E-state index < -0.39 is 16.0 Å². The number of nitrogens with zero attached hydrogens (tertiary/aromatic N) is 3. The molecule has 0 spiro atoms. The molecule has 0 amide bonds. The lowest BCUT2D eigenvalue weighted by Crippen LogP contribution is -2.38. The quantitative estimate of drug-likeness (QED) is 0.600. The average molecular weight is 470 g/mol. The molecule has 8 nitrogen and oxygen atoms in total. The minimum absolute atomic E-state index is 0.0139. The normalized spacial score (nSPS) is 17.4. The summed E-state index contributed by atoms with van der Waals surface area (Å²) in [6.45, 7) is 3.23. The maximum Gasteiger partial charge on any atom is 0.340 e. The molecular formula is C24H27N3O5S. The predicted octanol–water partition coefficient (Wildman–Crippen LogP) is 2.93. The molecule has 2 saturated heterocycles. The lowest BCUT2D eigenvalue weighted by atomic mass is 10.1. The highest BCUT2D eigenvalue weighted by Gasteiger charge is 2.29. The maximum absolute atomic E-state index is 13.2. The second-order valence-electron chi connectivity index (χ2n) is 8.13. The molecule has 2 aromatic carbocycles. The third kappa shape index (κ3) is 5.36. The van der Waals surface area contributed by atoms with Crippen molar-refractivity contribution in [2.24, 2.45) is 0 Å². The highest BCUT2D eigenvalue weighted by Crippen LogP contribution is 2.29. The summed E-state index contributed by atoms with van der Waals surface area (Å²) in [6, 6.07) is 13.6. The van der Waals surface area contributed by atoms with Crippen LogP contribution in [-0.2, 0) is 26.1 Å². The number of rotatable bonds is 6. The van der Waals surface area contributed by atoms with Crippen LogP contribution in [-0.4, -0.2) is 58.1 Å². The first-order valence-corrected chi connectivity index (χ1v) is 12.6. The van der Waals surface area contributed by atoms with Gasteiger partial charge in [0.2, 0.25) is 10.0 Å². The average Bonchev–Trinajstić information content (AvgIpc) is 2.88. The molecule has 2 aliphatic heterocycles. The van der Waals surface area contributed by atoms with E-state index in [0.717, 1.165) is 19.3 Å². The molecule has 2 heterocycles. The zero-order valence-electron chi connectivity index (χ0n) is 18.4. The number of anilines is 1. The lowest BCUT2D eigenvalue weighted by molar-refractivity contribution is 0.0472. The number of hydrogen-bond donors (Lipinski definition) is 0. The van der Waals surface area contributed by atoms with Crippen LogP contribution in [0.3, 0.4) is 0 Å². The van der Waals surface area contributed by atoms with E-state index in [4.69, 9.17) is 14.7 Å². The number of nitriles is 1. The van der Waals surface area contributed by atoms with Crippen molar-refractivity contribution in [3.8, 4) is 6.07 Å². The third-order valence-corrected chi connectivity index (χ3v) is 7.81. The van der Waals surface area contributed by atoms with Gasteiger partial charge in [0.05, 0.1) is 41.0 Å². The molecule has 0 radical (unpaired) electrons. The second kappa shape index (κ2) is 10.3. The summed E-state index contributed by atoms with van der Waals surface area (Å²) >= 11 is 0. The number of carbonyl (C=O) groups excluding carboxylic acids is 1. The van der Waals surface area contributed by atoms with Gasteiger partial charge in [0.25, 0.3) is 0 Å². The van der Waals surface area contributed by atoms with Crippen molar-refractivity contribution in [1.82, 2.24) is 4.31 Å². The van der Waals surface area contributed by atoms with E-state index in [2.05, 4.69) is 6.07 Å². The van der Waals surface area contributed by atoms with Gasteiger partial charge in [-0.3, -0.25) is 0 Å². The van der Waals surface area contributed by atoms with Gasteiger partial charge in [-0.1, -0.05) is 18.6 Å². The fraction of sp³-hybridized carbons (Fsp3) is 0.417. The van der Waals surface area contributed by atoms with E-state index in [-0.39, 0.29) is 17.1 Å². The molecule has 0 saturated carbocycles. The van der Waals surface area contributed by atoms with Gasteiger partial charge in [-0.25, -0.2) is 13.2 Å². The number of carbonyl (C=O) groups is 1. The molecule has 0 bridgehead atoms. The van der Waals surface area contributed by atoms with Gasteiger partial charge in [0.1, 0.15) is 6.61 Å². The fourth-order valence-corrected chi connectivity index (χ4v) is 5.67. The standard InChI is InChI=1S/C24H27N3O5S/c25-17-19-5-4-6-20(15-19)18-32-24(28)22-16-21(33(29,30)27-9-2-1-3-10-27)7-8-23(22)26-11-13-31-14-12-26/h4-8,15-16H,1-3,9-14,18H2. The Morgan fingerprint density at radius 3 is 2.52 bits per heavy atom. The zero-order chi connectivity index (χ0) is 23.3. The summed E-state index contributed by atoms with van der Waals surface area (Å²) in [5.41, 5.74) is 2.01. The van der Waals surface area contributed by atoms with Crippen LogP contribution in [0.1, 0.15) is 40.7 Å². The molecule has 0 N–H and O–H groups in total. The summed E-state index contributed by atoms with van der Waals surface area (Å²) < 4.78 is 38.9. The molecule has 0 unspecified atom stereocenters. The van der Waals surface area contributed by atoms with Gasteiger partial charge in [-0.2, -0.15) is 9.57 Å². The van der Waals surface area contributed by atoms with Crippen molar-refractivity contribution in [2.75, 3.05) is 44.3 Å². The van der Waals surface area contributed by atoms with E-state index in [9.17, 15) is 13.2 Å². The second-order valence-corrected chi connectivity index (χ2v) is 10.1. The molecular weight excluding hydrogens is 442 g/mol. The number of benzene rings is 2. The van der Waals surface area contributed by atoms with Crippen LogP contribution in [0.2, 0.25) is 0 Å². The SMILES string of the molecule is N#Cc1cccc(COC(=O)c2cc(S(=O)(=O)N3CCCCC3)ccc2N2CCOCC2)c1. The van der Waals surface area contributed by atoms with Gasteiger partial charge in [0, 0.05) is 26.2 Å². The zero-order valence-corrected chi connectivity index (χ0v) is 19.2. The molecule has 9 heteroatoms. The Labute approximate surface area is 194 Å². The number of ether oxygens (including phenoxy) is 2. The Hall–Kier alpha value is -2.93. The van der Waals surface area contributed by atoms with E-state index >= 15 is 0 Å². The van der Waals surface area contributed by atoms with Gasteiger partial charge >= 0.3 is 5.97 Å². The number of piperidine rings is 1. The van der Waals surface area contributed by atoms with Gasteiger partial charge in [-0.15, -0.1) is 0 Å². The first-order valence-electron chi connectivity index (χ1n) is 11.1. The van der Waals surface area contributed by atoms with Crippen LogP contribution in [0.4, 0.5) is 5.69 Å². The number of hydrogen-bond acceptors (Lipinski definition) is 7. The molecule has 33 heavy (non-hydrogen) atoms. The topological polar surface area (TPSA) is 99.9 Å². The molecule has 174 valence electrons. The highest BCUT2D eigenvalue weighted by atomic mass is 32.2. The van der Waals surface area contributed by atoms with Crippen LogP contribution < -0.4 is 4.90 Å². The largest absolute Gasteiger partial charge is 0.457 e. The summed E-state index contributed by atoms with van der Waals surface area (Å²) in [6.07, 6.45) is 2.69. The van der Waals surface area contributed by atoms with Crippen LogP contribution in [0.15, 0.2) is 47.4 Å². The molecule has 2 aromatic rings. The minimum atomic E-state index is -3.70. The lowest BCUT2D eigenvalue weighted by Gasteiger charge is -2.31. The molecule has 2 fully saturated rings.